The Hall–Kier alpha value is -2.59. The van der Waals surface area contributed by atoms with Crippen molar-refractivity contribution in [2.24, 2.45) is 0 Å². The van der Waals surface area contributed by atoms with Crippen LogP contribution in [0.25, 0.3) is 10.7 Å². The van der Waals surface area contributed by atoms with Gasteiger partial charge in [0, 0.05) is 13.1 Å². The van der Waals surface area contributed by atoms with Gasteiger partial charge in [0.2, 0.25) is 5.91 Å². The Morgan fingerprint density at radius 1 is 1.29 bits per heavy atom. The second-order valence-corrected chi connectivity index (χ2v) is 8.17. The van der Waals surface area contributed by atoms with Crippen LogP contribution >= 0.6 is 22.9 Å². The monoisotopic (exact) mass is 472 g/mol. The van der Waals surface area contributed by atoms with Crippen molar-refractivity contribution in [1.29, 1.82) is 0 Å². The Balaban J connectivity index is 1.80. The van der Waals surface area contributed by atoms with Gasteiger partial charge in [-0.3, -0.25) is 9.36 Å². The fourth-order valence-electron chi connectivity index (χ4n) is 3.05. The van der Waals surface area contributed by atoms with E-state index in [2.05, 4.69) is 10.4 Å². The van der Waals surface area contributed by atoms with E-state index in [1.54, 1.807) is 0 Å². The molecular weight excluding hydrogens is 453 g/mol. The summed E-state index contributed by atoms with van der Waals surface area (Å²) in [7, 11) is 0. The van der Waals surface area contributed by atoms with Crippen molar-refractivity contribution in [1.82, 2.24) is 19.7 Å². The number of carbonyl (C=O) groups is 1. The van der Waals surface area contributed by atoms with Crippen LogP contribution in [0.15, 0.2) is 34.4 Å². The highest BCUT2D eigenvalue weighted by atomic mass is 35.5. The van der Waals surface area contributed by atoms with Gasteiger partial charge < -0.3 is 5.32 Å². The maximum atomic E-state index is 13.1. The zero-order chi connectivity index (χ0) is 22.8. The third kappa shape index (κ3) is 5.01. The van der Waals surface area contributed by atoms with Crippen LogP contribution in [0.4, 0.5) is 13.2 Å². The summed E-state index contributed by atoms with van der Waals surface area (Å²) in [4.78, 5) is 25.8. The molecule has 1 N–H and O–H groups in total. The second-order valence-electron chi connectivity index (χ2n) is 6.91. The van der Waals surface area contributed by atoms with Crippen molar-refractivity contribution < 1.29 is 18.0 Å². The standard InChI is InChI=1S/C20H20ClF3N4O2S/c1-3-8-27-18(17-16(21)12(2)11-31-17)26-28(19(27)30)10-15(29)25-9-13-6-4-5-7-14(13)20(22,23)24/h4-7,11H,3,8-10H2,1-2H3,(H,25,29). The maximum absolute atomic E-state index is 13.1. The SMILES string of the molecule is CCCn1c(-c2scc(C)c2Cl)nn(CC(=O)NCc2ccccc2C(F)(F)F)c1=O. The molecule has 0 aliphatic rings. The molecule has 3 rings (SSSR count). The molecule has 6 nitrogen and oxygen atoms in total. The fraction of sp³-hybridized carbons (Fsp3) is 0.350. The van der Waals surface area contributed by atoms with Crippen molar-refractivity contribution in [3.05, 3.63) is 61.8 Å². The zero-order valence-corrected chi connectivity index (χ0v) is 18.4. The number of aryl methyl sites for hydroxylation is 1. The minimum atomic E-state index is -4.52. The number of halogens is 4. The van der Waals surface area contributed by atoms with Gasteiger partial charge in [-0.2, -0.15) is 13.2 Å². The number of aromatic nitrogens is 3. The van der Waals surface area contributed by atoms with Crippen molar-refractivity contribution in [2.75, 3.05) is 0 Å². The number of amides is 1. The van der Waals surface area contributed by atoms with Crippen LogP contribution in [0, 0.1) is 6.92 Å². The molecule has 0 aliphatic carbocycles. The van der Waals surface area contributed by atoms with Gasteiger partial charge in [-0.05, 0) is 35.9 Å². The van der Waals surface area contributed by atoms with Crippen molar-refractivity contribution >= 4 is 28.8 Å². The second kappa shape index (κ2) is 9.27. The summed E-state index contributed by atoms with van der Waals surface area (Å²) < 4.78 is 41.8. The van der Waals surface area contributed by atoms with Crippen LogP contribution in [0.1, 0.15) is 30.0 Å². The van der Waals surface area contributed by atoms with E-state index in [4.69, 9.17) is 11.6 Å². The molecule has 31 heavy (non-hydrogen) atoms. The number of benzene rings is 1. The normalized spacial score (nSPS) is 11.7. The number of hydrogen-bond donors (Lipinski definition) is 1. The van der Waals surface area contributed by atoms with Gasteiger partial charge in [0.05, 0.1) is 15.5 Å². The molecule has 0 saturated carbocycles. The van der Waals surface area contributed by atoms with Crippen molar-refractivity contribution in [3.63, 3.8) is 0 Å². The molecule has 0 bridgehead atoms. The summed E-state index contributed by atoms with van der Waals surface area (Å²) in [5.74, 6) is -0.259. The predicted molar refractivity (Wildman–Crippen MR) is 113 cm³/mol. The minimum Gasteiger partial charge on any atom is -0.350 e. The summed E-state index contributed by atoms with van der Waals surface area (Å²) in [5.41, 5.74) is -0.504. The van der Waals surface area contributed by atoms with E-state index in [0.29, 0.717) is 28.7 Å². The summed E-state index contributed by atoms with van der Waals surface area (Å²) in [5, 5.41) is 9.05. The topological polar surface area (TPSA) is 68.9 Å². The van der Waals surface area contributed by atoms with E-state index in [-0.39, 0.29) is 12.1 Å². The molecule has 0 atom stereocenters. The van der Waals surface area contributed by atoms with E-state index in [1.165, 1.54) is 34.1 Å². The molecule has 0 aliphatic heterocycles. The van der Waals surface area contributed by atoms with Gasteiger partial charge in [-0.1, -0.05) is 36.7 Å². The molecular formula is C20H20ClF3N4O2S. The lowest BCUT2D eigenvalue weighted by molar-refractivity contribution is -0.138. The van der Waals surface area contributed by atoms with E-state index in [9.17, 15) is 22.8 Å². The largest absolute Gasteiger partial charge is 0.416 e. The molecule has 1 amide bonds. The molecule has 0 saturated heterocycles. The van der Waals surface area contributed by atoms with Gasteiger partial charge in [0.25, 0.3) is 0 Å². The summed E-state index contributed by atoms with van der Waals surface area (Å²) in [6.45, 7) is 3.40. The molecule has 166 valence electrons. The highest BCUT2D eigenvalue weighted by Gasteiger charge is 2.32. The van der Waals surface area contributed by atoms with Crippen molar-refractivity contribution in [3.8, 4) is 10.7 Å². The van der Waals surface area contributed by atoms with E-state index >= 15 is 0 Å². The number of carbonyl (C=O) groups excluding carboxylic acids is 1. The molecule has 0 radical (unpaired) electrons. The average Bonchev–Trinajstić information content (AvgIpc) is 3.20. The first-order valence-corrected chi connectivity index (χ1v) is 10.7. The van der Waals surface area contributed by atoms with Crippen molar-refractivity contribution in [2.45, 2.75) is 46.1 Å². The smallest absolute Gasteiger partial charge is 0.350 e. The summed E-state index contributed by atoms with van der Waals surface area (Å²) in [6, 6.07) is 5.00. The molecule has 1 aromatic carbocycles. The molecule has 0 unspecified atom stereocenters. The Kier molecular flexibility index (Phi) is 6.90. The molecule has 2 heterocycles. The number of thiophene rings is 1. The number of nitrogens with one attached hydrogen (secondary N) is 1. The first-order chi connectivity index (χ1) is 14.6. The van der Waals surface area contributed by atoms with E-state index < -0.39 is 29.9 Å². The third-order valence-electron chi connectivity index (χ3n) is 4.56. The molecule has 11 heteroatoms. The highest BCUT2D eigenvalue weighted by molar-refractivity contribution is 7.14. The predicted octanol–water partition coefficient (Wildman–Crippen LogP) is 4.48. The molecule has 0 fully saturated rings. The fourth-order valence-corrected chi connectivity index (χ4v) is 4.33. The van der Waals surface area contributed by atoms with Gasteiger partial charge in [-0.15, -0.1) is 16.4 Å². The first-order valence-electron chi connectivity index (χ1n) is 9.46. The molecule has 2 aromatic heterocycles. The van der Waals surface area contributed by atoms with Crippen LogP contribution in [-0.2, 0) is 30.6 Å². The Bertz CT molecular complexity index is 1150. The van der Waals surface area contributed by atoms with Gasteiger partial charge in [0.1, 0.15) is 6.54 Å². The van der Waals surface area contributed by atoms with Crippen LogP contribution in [0.2, 0.25) is 5.02 Å². The summed E-state index contributed by atoms with van der Waals surface area (Å²) in [6.07, 6.45) is -3.86. The highest BCUT2D eigenvalue weighted by Crippen LogP contribution is 2.35. The van der Waals surface area contributed by atoms with E-state index in [0.717, 1.165) is 16.3 Å². The van der Waals surface area contributed by atoms with Gasteiger partial charge in [-0.25, -0.2) is 9.48 Å². The first kappa shape index (κ1) is 23.1. The minimum absolute atomic E-state index is 0.0614. The van der Waals surface area contributed by atoms with Crippen LogP contribution in [0.3, 0.4) is 0 Å². The Morgan fingerprint density at radius 3 is 2.61 bits per heavy atom. The number of rotatable bonds is 7. The molecule has 0 spiro atoms. The lowest BCUT2D eigenvalue weighted by atomic mass is 10.1. The van der Waals surface area contributed by atoms with E-state index in [1.807, 2.05) is 19.2 Å². The Labute approximate surface area is 185 Å². The van der Waals surface area contributed by atoms with Gasteiger partial charge in [0.15, 0.2) is 5.82 Å². The average molecular weight is 473 g/mol. The maximum Gasteiger partial charge on any atom is 0.416 e. The third-order valence-corrected chi connectivity index (χ3v) is 6.26. The quantitative estimate of drug-likeness (QED) is 0.551. The lowest BCUT2D eigenvalue weighted by Crippen LogP contribution is -2.33. The van der Waals surface area contributed by atoms with Crippen LogP contribution < -0.4 is 11.0 Å². The molecule has 3 aromatic rings. The summed E-state index contributed by atoms with van der Waals surface area (Å²) >= 11 is 7.67. The number of alkyl halides is 3. The lowest BCUT2D eigenvalue weighted by Gasteiger charge is -2.13. The number of hydrogen-bond acceptors (Lipinski definition) is 4. The Morgan fingerprint density at radius 2 is 2.00 bits per heavy atom. The van der Waals surface area contributed by atoms with Gasteiger partial charge >= 0.3 is 11.9 Å². The zero-order valence-electron chi connectivity index (χ0n) is 16.8. The van der Waals surface area contributed by atoms with Crippen LogP contribution in [0.5, 0.6) is 0 Å². The number of nitrogens with zero attached hydrogens (tertiary/aromatic N) is 3. The van der Waals surface area contributed by atoms with Crippen LogP contribution in [-0.4, -0.2) is 20.3 Å².